The van der Waals surface area contributed by atoms with Gasteiger partial charge in [0, 0.05) is 41.2 Å². The van der Waals surface area contributed by atoms with Crippen LogP contribution in [0.1, 0.15) is 25.5 Å². The van der Waals surface area contributed by atoms with E-state index in [1.54, 1.807) is 0 Å². The summed E-state index contributed by atoms with van der Waals surface area (Å²) in [6.07, 6.45) is 3.54. The van der Waals surface area contributed by atoms with Gasteiger partial charge in [-0.2, -0.15) is 13.8 Å². The maximum Gasteiger partial charge on any atom is 0.223 e. The molecule has 0 saturated carbocycles. The first-order valence-electron chi connectivity index (χ1n) is 8.78. The van der Waals surface area contributed by atoms with E-state index in [1.807, 2.05) is 18.2 Å². The Hall–Kier alpha value is -2.27. The van der Waals surface area contributed by atoms with Gasteiger partial charge in [0.25, 0.3) is 0 Å². The van der Waals surface area contributed by atoms with E-state index in [2.05, 4.69) is 27.9 Å². The molecule has 3 nitrogen and oxygen atoms in total. The number of hydrogen-bond acceptors (Lipinski definition) is 2. The zero-order valence-corrected chi connectivity index (χ0v) is 14.2. The molecule has 5 heteroatoms. The molecule has 0 aliphatic carbocycles. The molecule has 0 bridgehead atoms. The summed E-state index contributed by atoms with van der Waals surface area (Å²) in [5, 5.41) is 1.03. The number of aromatic amines is 1. The molecule has 0 amide bonds. The first-order chi connectivity index (χ1) is 12.1. The first kappa shape index (κ1) is 16.2. The Kier molecular flexibility index (Phi) is 4.25. The Labute approximate surface area is 145 Å². The van der Waals surface area contributed by atoms with Crippen molar-refractivity contribution in [3.63, 3.8) is 0 Å². The maximum absolute atomic E-state index is 13.9. The van der Waals surface area contributed by atoms with Crippen LogP contribution in [0.25, 0.3) is 22.0 Å². The largest absolute Gasteiger partial charge is 0.358 e. The highest BCUT2D eigenvalue weighted by Gasteiger charge is 2.19. The molecule has 0 spiro atoms. The Bertz CT molecular complexity index is 903. The fourth-order valence-electron chi connectivity index (χ4n) is 3.71. The lowest BCUT2D eigenvalue weighted by Gasteiger charge is -2.20. The van der Waals surface area contributed by atoms with Crippen LogP contribution in [0.15, 0.2) is 36.4 Å². The van der Waals surface area contributed by atoms with E-state index in [0.717, 1.165) is 23.9 Å². The Morgan fingerprint density at radius 1 is 1.20 bits per heavy atom. The lowest BCUT2D eigenvalue weighted by Crippen LogP contribution is -2.29. The second kappa shape index (κ2) is 6.56. The van der Waals surface area contributed by atoms with Crippen LogP contribution in [0.3, 0.4) is 0 Å². The van der Waals surface area contributed by atoms with Crippen LogP contribution in [0.5, 0.6) is 0 Å². The van der Waals surface area contributed by atoms with Gasteiger partial charge < -0.3 is 9.88 Å². The number of nitrogens with one attached hydrogen (secondary N) is 1. The quantitative estimate of drug-likeness (QED) is 0.707. The minimum Gasteiger partial charge on any atom is -0.358 e. The highest BCUT2D eigenvalue weighted by molar-refractivity contribution is 5.85. The van der Waals surface area contributed by atoms with E-state index in [9.17, 15) is 8.78 Å². The van der Waals surface area contributed by atoms with Crippen LogP contribution in [0, 0.1) is 11.9 Å². The number of benzene rings is 1. The molecular formula is C20H21F2N3. The second-order valence-corrected chi connectivity index (χ2v) is 6.85. The average molecular weight is 341 g/mol. The van der Waals surface area contributed by atoms with E-state index in [-0.39, 0.29) is 0 Å². The molecule has 1 fully saturated rings. The van der Waals surface area contributed by atoms with Crippen LogP contribution in [-0.4, -0.2) is 34.0 Å². The number of pyridine rings is 1. The van der Waals surface area contributed by atoms with Crippen molar-refractivity contribution in [2.24, 2.45) is 0 Å². The molecule has 0 radical (unpaired) electrons. The number of aromatic nitrogens is 2. The third kappa shape index (κ3) is 3.29. The summed E-state index contributed by atoms with van der Waals surface area (Å²) >= 11 is 0. The van der Waals surface area contributed by atoms with E-state index in [4.69, 9.17) is 0 Å². The summed E-state index contributed by atoms with van der Waals surface area (Å²) in [4.78, 5) is 9.23. The fraction of sp³-hybridized carbons (Fsp3) is 0.350. The van der Waals surface area contributed by atoms with Crippen LogP contribution < -0.4 is 0 Å². The highest BCUT2D eigenvalue weighted by Crippen LogP contribution is 2.27. The number of hydrogen-bond donors (Lipinski definition) is 1. The van der Waals surface area contributed by atoms with Crippen molar-refractivity contribution >= 4 is 10.9 Å². The predicted molar refractivity (Wildman–Crippen MR) is 95.4 cm³/mol. The number of likely N-dealkylation sites (tertiary alicyclic amines) is 1. The minimum absolute atomic E-state index is 0.317. The van der Waals surface area contributed by atoms with Crippen molar-refractivity contribution in [3.05, 3.63) is 54.0 Å². The SMILES string of the molecule is C[C@@H]1CCCN1CCc1cc2cc(-c3ccc(F)nc3F)ccc2[nH]1. The lowest BCUT2D eigenvalue weighted by molar-refractivity contribution is 0.271. The smallest absolute Gasteiger partial charge is 0.223 e. The van der Waals surface area contributed by atoms with Crippen molar-refractivity contribution in [2.45, 2.75) is 32.2 Å². The number of halogens is 2. The monoisotopic (exact) mass is 341 g/mol. The third-order valence-electron chi connectivity index (χ3n) is 5.16. The van der Waals surface area contributed by atoms with Gasteiger partial charge in [0.15, 0.2) is 0 Å². The van der Waals surface area contributed by atoms with Gasteiger partial charge in [0.1, 0.15) is 0 Å². The molecule has 1 N–H and O–H groups in total. The van der Waals surface area contributed by atoms with Crippen molar-refractivity contribution in [2.75, 3.05) is 13.1 Å². The zero-order chi connectivity index (χ0) is 17.4. The van der Waals surface area contributed by atoms with Crippen LogP contribution >= 0.6 is 0 Å². The molecule has 1 aromatic carbocycles. The average Bonchev–Trinajstić information content (AvgIpc) is 3.17. The normalized spacial score (nSPS) is 18.3. The molecule has 3 heterocycles. The molecule has 1 saturated heterocycles. The van der Waals surface area contributed by atoms with Gasteiger partial charge in [-0.3, -0.25) is 0 Å². The molecule has 2 aromatic heterocycles. The predicted octanol–water partition coefficient (Wildman–Crippen LogP) is 4.53. The lowest BCUT2D eigenvalue weighted by atomic mass is 10.1. The number of nitrogens with zero attached hydrogens (tertiary/aromatic N) is 2. The van der Waals surface area contributed by atoms with E-state index >= 15 is 0 Å². The Morgan fingerprint density at radius 3 is 2.84 bits per heavy atom. The van der Waals surface area contributed by atoms with Gasteiger partial charge in [0.05, 0.1) is 0 Å². The first-order valence-corrected chi connectivity index (χ1v) is 8.78. The highest BCUT2D eigenvalue weighted by atomic mass is 19.1. The van der Waals surface area contributed by atoms with E-state index in [0.29, 0.717) is 17.2 Å². The maximum atomic E-state index is 13.9. The molecule has 1 aliphatic heterocycles. The van der Waals surface area contributed by atoms with Crippen LogP contribution in [-0.2, 0) is 6.42 Å². The summed E-state index contributed by atoms with van der Waals surface area (Å²) in [7, 11) is 0. The summed E-state index contributed by atoms with van der Waals surface area (Å²) < 4.78 is 26.9. The number of H-pyrrole nitrogens is 1. The molecule has 4 rings (SSSR count). The van der Waals surface area contributed by atoms with Crippen molar-refractivity contribution in [1.29, 1.82) is 0 Å². The molecular weight excluding hydrogens is 320 g/mol. The number of fused-ring (bicyclic) bond motifs is 1. The molecule has 1 aliphatic rings. The molecule has 3 aromatic rings. The zero-order valence-electron chi connectivity index (χ0n) is 14.2. The molecule has 130 valence electrons. The van der Waals surface area contributed by atoms with Crippen molar-refractivity contribution < 1.29 is 8.78 Å². The van der Waals surface area contributed by atoms with E-state index in [1.165, 1.54) is 37.2 Å². The van der Waals surface area contributed by atoms with Crippen LogP contribution in [0.4, 0.5) is 8.78 Å². The molecule has 0 unspecified atom stereocenters. The molecule has 1 atom stereocenters. The van der Waals surface area contributed by atoms with Gasteiger partial charge in [0.2, 0.25) is 11.9 Å². The van der Waals surface area contributed by atoms with E-state index < -0.39 is 11.9 Å². The van der Waals surface area contributed by atoms with Gasteiger partial charge in [-0.25, -0.2) is 0 Å². The number of rotatable bonds is 4. The van der Waals surface area contributed by atoms with Crippen molar-refractivity contribution in [1.82, 2.24) is 14.9 Å². The topological polar surface area (TPSA) is 31.9 Å². The summed E-state index contributed by atoms with van der Waals surface area (Å²) in [5.41, 5.74) is 3.24. The summed E-state index contributed by atoms with van der Waals surface area (Å²) in [6, 6.07) is 11.1. The van der Waals surface area contributed by atoms with Crippen molar-refractivity contribution in [3.8, 4) is 11.1 Å². The van der Waals surface area contributed by atoms with Gasteiger partial charge in [-0.15, -0.1) is 0 Å². The van der Waals surface area contributed by atoms with Gasteiger partial charge in [-0.1, -0.05) is 6.07 Å². The minimum atomic E-state index is -0.803. The fourth-order valence-corrected chi connectivity index (χ4v) is 3.71. The van der Waals surface area contributed by atoms with Gasteiger partial charge in [-0.05, 0) is 62.2 Å². The summed E-state index contributed by atoms with van der Waals surface area (Å²) in [5.74, 6) is -1.58. The summed E-state index contributed by atoms with van der Waals surface area (Å²) in [6.45, 7) is 4.52. The van der Waals surface area contributed by atoms with Gasteiger partial charge >= 0.3 is 0 Å². The molecule has 25 heavy (non-hydrogen) atoms. The second-order valence-electron chi connectivity index (χ2n) is 6.85. The Balaban J connectivity index is 1.56. The standard InChI is InChI=1S/C20H21F2N3/c1-13-3-2-9-25(13)10-8-16-12-15-11-14(4-6-18(15)23-16)17-5-7-19(21)24-20(17)22/h4-7,11-13,23H,2-3,8-10H2,1H3/t13-/m1/s1. The van der Waals surface area contributed by atoms with Crippen LogP contribution in [0.2, 0.25) is 0 Å². The Morgan fingerprint density at radius 2 is 2.08 bits per heavy atom. The third-order valence-corrected chi connectivity index (χ3v) is 5.16.